The number of benzene rings is 1. The molecule has 0 bridgehead atoms. The lowest BCUT2D eigenvalue weighted by molar-refractivity contribution is 0.0601. The predicted octanol–water partition coefficient (Wildman–Crippen LogP) is 5.99. The first kappa shape index (κ1) is 21.4. The van der Waals surface area contributed by atoms with Gasteiger partial charge in [-0.3, -0.25) is 0 Å². The fourth-order valence-electron chi connectivity index (χ4n) is 3.07. The Morgan fingerprint density at radius 1 is 1.35 bits per heavy atom. The third kappa shape index (κ3) is 4.06. The predicted molar refractivity (Wildman–Crippen MR) is 119 cm³/mol. The summed E-state index contributed by atoms with van der Waals surface area (Å²) in [6.45, 7) is 0.120. The van der Waals surface area contributed by atoms with Crippen LogP contribution in [0.2, 0.25) is 10.0 Å². The van der Waals surface area contributed by atoms with Crippen LogP contribution in [0.4, 0.5) is 10.2 Å². The van der Waals surface area contributed by atoms with Crippen molar-refractivity contribution in [3.8, 4) is 16.2 Å². The monoisotopic (exact) mass is 480 g/mol. The second kappa shape index (κ2) is 8.74. The van der Waals surface area contributed by atoms with Crippen molar-refractivity contribution in [1.29, 1.82) is 0 Å². The standard InChI is InChI=1S/C21H15Cl2FN2O4S/c1-28-21(27)10-6-16(31-9-10)13-8-30-18-12(13)7-26-20(25)19(18)29-5-4-11-14(22)2-3-15(24)17(11)23/h2-3,6-9H,4-5H2,1H3,(H2,25,26). The number of aromatic nitrogens is 1. The summed E-state index contributed by atoms with van der Waals surface area (Å²) >= 11 is 13.5. The minimum atomic E-state index is -0.553. The van der Waals surface area contributed by atoms with E-state index in [1.165, 1.54) is 30.6 Å². The third-order valence-electron chi connectivity index (χ3n) is 4.62. The number of methoxy groups -OCH3 is 1. The average molecular weight is 481 g/mol. The number of carbonyl (C=O) groups excluding carboxylic acids is 1. The number of nitrogens with two attached hydrogens (primary N) is 1. The number of ether oxygens (including phenoxy) is 2. The van der Waals surface area contributed by atoms with Crippen LogP contribution in [0.5, 0.6) is 5.75 Å². The number of nitrogens with zero attached hydrogens (tertiary/aromatic N) is 1. The summed E-state index contributed by atoms with van der Waals surface area (Å²) in [4.78, 5) is 16.7. The van der Waals surface area contributed by atoms with E-state index in [-0.39, 0.29) is 29.6 Å². The van der Waals surface area contributed by atoms with Crippen LogP contribution in [0, 0.1) is 5.82 Å². The lowest BCUT2D eigenvalue weighted by atomic mass is 10.1. The van der Waals surface area contributed by atoms with Crippen molar-refractivity contribution < 1.29 is 23.1 Å². The van der Waals surface area contributed by atoms with Gasteiger partial charge in [-0.1, -0.05) is 23.2 Å². The van der Waals surface area contributed by atoms with Crippen molar-refractivity contribution >= 4 is 57.3 Å². The topological polar surface area (TPSA) is 87.6 Å². The summed E-state index contributed by atoms with van der Waals surface area (Å²) in [5.41, 5.74) is 8.03. The van der Waals surface area contributed by atoms with E-state index in [4.69, 9.17) is 42.8 Å². The van der Waals surface area contributed by atoms with Crippen molar-refractivity contribution in [3.05, 3.63) is 63.0 Å². The van der Waals surface area contributed by atoms with E-state index < -0.39 is 11.8 Å². The Hall–Kier alpha value is -2.81. The minimum Gasteiger partial charge on any atom is -0.486 e. The van der Waals surface area contributed by atoms with Crippen molar-refractivity contribution in [3.63, 3.8) is 0 Å². The molecular weight excluding hydrogens is 466 g/mol. The van der Waals surface area contributed by atoms with Gasteiger partial charge in [-0.25, -0.2) is 14.2 Å². The summed E-state index contributed by atoms with van der Waals surface area (Å²) in [6.07, 6.45) is 3.38. The van der Waals surface area contributed by atoms with Crippen LogP contribution in [-0.2, 0) is 11.2 Å². The Morgan fingerprint density at radius 2 is 2.16 bits per heavy atom. The number of esters is 1. The number of furan rings is 1. The van der Waals surface area contributed by atoms with Crippen LogP contribution in [0.3, 0.4) is 0 Å². The van der Waals surface area contributed by atoms with Gasteiger partial charge >= 0.3 is 5.97 Å². The highest BCUT2D eigenvalue weighted by molar-refractivity contribution is 7.14. The van der Waals surface area contributed by atoms with Gasteiger partial charge in [0.25, 0.3) is 0 Å². The molecule has 0 fully saturated rings. The molecule has 0 saturated heterocycles. The lowest BCUT2D eigenvalue weighted by Crippen LogP contribution is -2.06. The van der Waals surface area contributed by atoms with E-state index >= 15 is 0 Å². The number of pyridine rings is 1. The van der Waals surface area contributed by atoms with Gasteiger partial charge in [0.05, 0.1) is 29.7 Å². The molecular formula is C21H15Cl2FN2O4S. The molecule has 0 aliphatic heterocycles. The molecule has 3 aromatic heterocycles. The molecule has 0 aliphatic rings. The highest BCUT2D eigenvalue weighted by Crippen LogP contribution is 2.40. The number of rotatable bonds is 6. The molecule has 2 N–H and O–H groups in total. The van der Waals surface area contributed by atoms with Gasteiger partial charge < -0.3 is 19.6 Å². The van der Waals surface area contributed by atoms with Crippen molar-refractivity contribution in [2.24, 2.45) is 0 Å². The molecule has 31 heavy (non-hydrogen) atoms. The summed E-state index contributed by atoms with van der Waals surface area (Å²) in [5, 5.41) is 2.68. The Balaban J connectivity index is 1.61. The van der Waals surface area contributed by atoms with Crippen LogP contribution in [0.15, 0.2) is 40.5 Å². The highest BCUT2D eigenvalue weighted by atomic mass is 35.5. The first-order chi connectivity index (χ1) is 14.9. The number of fused-ring (bicyclic) bond motifs is 1. The zero-order chi connectivity index (χ0) is 22.1. The Morgan fingerprint density at radius 3 is 2.94 bits per heavy atom. The molecule has 0 aliphatic carbocycles. The number of anilines is 1. The third-order valence-corrected chi connectivity index (χ3v) is 6.35. The second-order valence-electron chi connectivity index (χ2n) is 6.48. The van der Waals surface area contributed by atoms with Gasteiger partial charge in [0.15, 0.2) is 11.4 Å². The van der Waals surface area contributed by atoms with E-state index in [9.17, 15) is 9.18 Å². The quantitative estimate of drug-likeness (QED) is 0.269. The van der Waals surface area contributed by atoms with E-state index in [2.05, 4.69) is 4.98 Å². The molecule has 0 radical (unpaired) electrons. The summed E-state index contributed by atoms with van der Waals surface area (Å²) in [7, 11) is 1.33. The minimum absolute atomic E-state index is 0.0419. The molecule has 1 aromatic carbocycles. The number of thiophene rings is 1. The van der Waals surface area contributed by atoms with Gasteiger partial charge in [-0.2, -0.15) is 0 Å². The van der Waals surface area contributed by atoms with E-state index in [0.717, 1.165) is 10.4 Å². The zero-order valence-corrected chi connectivity index (χ0v) is 18.4. The van der Waals surface area contributed by atoms with Crippen molar-refractivity contribution in [1.82, 2.24) is 4.98 Å². The number of hydrogen-bond acceptors (Lipinski definition) is 7. The maximum Gasteiger partial charge on any atom is 0.338 e. The second-order valence-corrected chi connectivity index (χ2v) is 8.17. The van der Waals surface area contributed by atoms with Crippen LogP contribution in [0.1, 0.15) is 15.9 Å². The first-order valence-corrected chi connectivity index (χ1v) is 10.6. The Kier molecular flexibility index (Phi) is 6.04. The molecule has 0 unspecified atom stereocenters. The van der Waals surface area contributed by atoms with Crippen LogP contribution in [-0.4, -0.2) is 24.7 Å². The molecule has 0 spiro atoms. The maximum atomic E-state index is 13.7. The fourth-order valence-corrected chi connectivity index (χ4v) is 4.52. The maximum absolute atomic E-state index is 13.7. The SMILES string of the molecule is COC(=O)c1csc(-c2coc3c(OCCc4c(Cl)ccc(F)c4Cl)c(N)ncc23)c1. The molecule has 4 rings (SSSR count). The summed E-state index contributed by atoms with van der Waals surface area (Å²) < 4.78 is 30.0. The zero-order valence-electron chi connectivity index (χ0n) is 16.1. The molecule has 10 heteroatoms. The lowest BCUT2D eigenvalue weighted by Gasteiger charge is -2.11. The van der Waals surface area contributed by atoms with Crippen LogP contribution in [0.25, 0.3) is 21.4 Å². The molecule has 4 aromatic rings. The van der Waals surface area contributed by atoms with Crippen molar-refractivity contribution in [2.45, 2.75) is 6.42 Å². The van der Waals surface area contributed by atoms with Gasteiger partial charge in [0.1, 0.15) is 12.1 Å². The number of carbonyl (C=O) groups is 1. The summed E-state index contributed by atoms with van der Waals surface area (Å²) in [5.74, 6) is -0.568. The number of halogens is 3. The largest absolute Gasteiger partial charge is 0.486 e. The van der Waals surface area contributed by atoms with Crippen LogP contribution < -0.4 is 10.5 Å². The van der Waals surface area contributed by atoms with Gasteiger partial charge in [0.2, 0.25) is 5.75 Å². The molecule has 0 saturated carbocycles. The summed E-state index contributed by atoms with van der Waals surface area (Å²) in [6, 6.07) is 4.36. The van der Waals surface area contributed by atoms with Crippen molar-refractivity contribution in [2.75, 3.05) is 19.5 Å². The molecule has 3 heterocycles. The normalized spacial score (nSPS) is 11.1. The Bertz CT molecular complexity index is 1290. The number of nitrogen functional groups attached to an aromatic ring is 1. The Labute approximate surface area is 190 Å². The average Bonchev–Trinajstić information content (AvgIpc) is 3.41. The fraction of sp³-hybridized carbons (Fsp3) is 0.143. The smallest absolute Gasteiger partial charge is 0.338 e. The van der Waals surface area contributed by atoms with E-state index in [1.54, 1.807) is 23.9 Å². The van der Waals surface area contributed by atoms with E-state index in [0.29, 0.717) is 27.1 Å². The van der Waals surface area contributed by atoms with Gasteiger partial charge in [0, 0.05) is 33.5 Å². The van der Waals surface area contributed by atoms with Gasteiger partial charge in [-0.05, 0) is 23.8 Å². The number of hydrogen-bond donors (Lipinski definition) is 1. The highest BCUT2D eigenvalue weighted by Gasteiger charge is 2.19. The molecule has 6 nitrogen and oxygen atoms in total. The molecule has 0 atom stereocenters. The first-order valence-electron chi connectivity index (χ1n) is 8.98. The molecule has 160 valence electrons. The molecule has 0 amide bonds. The van der Waals surface area contributed by atoms with Crippen LogP contribution >= 0.6 is 34.5 Å². The van der Waals surface area contributed by atoms with Gasteiger partial charge in [-0.15, -0.1) is 11.3 Å². The van der Waals surface area contributed by atoms with E-state index in [1.807, 2.05) is 0 Å².